The fraction of sp³-hybridized carbons (Fsp3) is 0.217. The predicted octanol–water partition coefficient (Wildman–Crippen LogP) is 6.29. The summed E-state index contributed by atoms with van der Waals surface area (Å²) in [5, 5.41) is 0. The molecule has 0 amide bonds. The van der Waals surface area contributed by atoms with Gasteiger partial charge in [0.1, 0.15) is 11.4 Å². The van der Waals surface area contributed by atoms with Gasteiger partial charge in [0, 0.05) is 0 Å². The predicted molar refractivity (Wildman–Crippen MR) is 116 cm³/mol. The van der Waals surface area contributed by atoms with E-state index >= 15 is 0 Å². The van der Waals surface area contributed by atoms with Gasteiger partial charge in [0.05, 0.1) is 11.4 Å². The molecule has 4 rings (SSSR count). The Hall–Kier alpha value is -2.39. The Bertz CT molecular complexity index is 901. The van der Waals surface area contributed by atoms with Gasteiger partial charge in [-0.15, -0.1) is 8.61 Å². The van der Waals surface area contributed by atoms with E-state index in [2.05, 4.69) is 103 Å². The van der Waals surface area contributed by atoms with E-state index in [1.54, 1.807) is 0 Å². The van der Waals surface area contributed by atoms with Gasteiger partial charge in [-0.2, -0.15) is 0 Å². The van der Waals surface area contributed by atoms with Crippen molar-refractivity contribution in [3.05, 3.63) is 82.9 Å². The summed E-state index contributed by atoms with van der Waals surface area (Å²) in [5.41, 5.74) is 10.4. The molecule has 3 aromatic carbocycles. The highest BCUT2D eigenvalue weighted by atomic mass is 32.2. The highest BCUT2D eigenvalue weighted by Crippen LogP contribution is 2.50. The van der Waals surface area contributed by atoms with Crippen molar-refractivity contribution in [1.29, 1.82) is 0 Å². The number of nitrogens with zero attached hydrogens (tertiary/aromatic N) is 2. The van der Waals surface area contributed by atoms with Crippen LogP contribution in [0.2, 0.25) is 0 Å². The Morgan fingerprint density at radius 1 is 0.615 bits per heavy atom. The van der Waals surface area contributed by atoms with Gasteiger partial charge in [-0.05, 0) is 86.3 Å². The van der Waals surface area contributed by atoms with Crippen LogP contribution < -0.4 is 8.61 Å². The molecule has 0 aliphatic carbocycles. The summed E-state index contributed by atoms with van der Waals surface area (Å²) in [6, 6.07) is 22.3. The minimum Gasteiger partial charge on any atom is -0.137 e. The van der Waals surface area contributed by atoms with Gasteiger partial charge < -0.3 is 0 Å². The third-order valence-electron chi connectivity index (χ3n) is 5.03. The van der Waals surface area contributed by atoms with Crippen molar-refractivity contribution in [2.75, 3.05) is 14.9 Å². The van der Waals surface area contributed by atoms with E-state index in [0.717, 1.165) is 0 Å². The average molecular weight is 362 g/mol. The Morgan fingerprint density at radius 2 is 1.04 bits per heavy atom. The zero-order valence-corrected chi connectivity index (χ0v) is 16.9. The number of hydrogen-bond acceptors (Lipinski definition) is 2. The van der Waals surface area contributed by atoms with Crippen LogP contribution in [0.25, 0.3) is 0 Å². The summed E-state index contributed by atoms with van der Waals surface area (Å²) in [7, 11) is 0. The molecule has 1 aliphatic heterocycles. The van der Waals surface area contributed by atoms with E-state index in [4.69, 9.17) is 0 Å². The Kier molecular flexibility index (Phi) is 4.20. The average Bonchev–Trinajstić information content (AvgIpc) is 2.86. The number of rotatable bonds is 2. The highest BCUT2D eigenvalue weighted by molar-refractivity contribution is 8.00. The molecule has 1 heterocycles. The van der Waals surface area contributed by atoms with E-state index in [1.807, 2.05) is 0 Å². The first-order valence-electron chi connectivity index (χ1n) is 8.97. The summed E-state index contributed by atoms with van der Waals surface area (Å²) < 4.78 is 4.97. The lowest BCUT2D eigenvalue weighted by Gasteiger charge is -2.19. The maximum atomic E-state index is 2.48. The minimum atomic E-state index is -0.113. The van der Waals surface area contributed by atoms with E-state index < -0.39 is 0 Å². The van der Waals surface area contributed by atoms with E-state index in [9.17, 15) is 0 Å². The molecule has 26 heavy (non-hydrogen) atoms. The molecule has 132 valence electrons. The molecular weight excluding hydrogens is 336 g/mol. The SMILES string of the molecule is Cc1cccc(N2c3cc(C)c(C)cc3N(c3cccc(C)c3)[S+]2C)c1. The van der Waals surface area contributed by atoms with E-state index in [-0.39, 0.29) is 11.3 Å². The molecule has 0 aromatic heterocycles. The second kappa shape index (κ2) is 6.40. The first kappa shape index (κ1) is 17.0. The lowest BCUT2D eigenvalue weighted by atomic mass is 10.1. The number of hydrogen-bond donors (Lipinski definition) is 0. The van der Waals surface area contributed by atoms with Crippen LogP contribution in [-0.4, -0.2) is 6.26 Å². The lowest BCUT2D eigenvalue weighted by Crippen LogP contribution is -2.31. The summed E-state index contributed by atoms with van der Waals surface area (Å²) in [4.78, 5) is 0. The third-order valence-corrected chi connectivity index (χ3v) is 6.90. The van der Waals surface area contributed by atoms with Crippen molar-refractivity contribution >= 4 is 34.0 Å². The van der Waals surface area contributed by atoms with Gasteiger partial charge in [-0.25, -0.2) is 0 Å². The molecule has 0 radical (unpaired) electrons. The van der Waals surface area contributed by atoms with Crippen LogP contribution in [0.5, 0.6) is 0 Å². The Labute approximate surface area is 159 Å². The number of anilines is 4. The maximum Gasteiger partial charge on any atom is 0.228 e. The van der Waals surface area contributed by atoms with Crippen LogP contribution in [0, 0.1) is 27.7 Å². The van der Waals surface area contributed by atoms with Crippen molar-refractivity contribution in [2.24, 2.45) is 0 Å². The molecule has 0 N–H and O–H groups in total. The first-order valence-corrected chi connectivity index (χ1v) is 10.5. The molecule has 0 saturated heterocycles. The Balaban J connectivity index is 1.92. The molecule has 3 aromatic rings. The maximum absolute atomic E-state index is 2.48. The van der Waals surface area contributed by atoms with Crippen LogP contribution in [0.1, 0.15) is 22.3 Å². The largest absolute Gasteiger partial charge is 0.228 e. The monoisotopic (exact) mass is 361 g/mol. The van der Waals surface area contributed by atoms with Gasteiger partial charge in [0.25, 0.3) is 0 Å². The number of aryl methyl sites for hydroxylation is 4. The van der Waals surface area contributed by atoms with Crippen molar-refractivity contribution in [1.82, 2.24) is 0 Å². The quantitative estimate of drug-likeness (QED) is 0.495. The molecule has 3 heteroatoms. The van der Waals surface area contributed by atoms with Crippen molar-refractivity contribution in [3.63, 3.8) is 0 Å². The molecule has 0 saturated carbocycles. The molecule has 0 spiro atoms. The standard InChI is InChI=1S/C23H25N2S/c1-16-8-6-10-20(12-16)24-22-14-18(3)19(4)15-23(22)25(26(24)5)21-11-7-9-17(2)13-21/h6-15H,1-5H3/q+1. The zero-order valence-electron chi connectivity index (χ0n) is 16.1. The van der Waals surface area contributed by atoms with Crippen LogP contribution in [0.3, 0.4) is 0 Å². The smallest absolute Gasteiger partial charge is 0.137 e. The van der Waals surface area contributed by atoms with Crippen molar-refractivity contribution in [3.8, 4) is 0 Å². The Morgan fingerprint density at radius 3 is 1.42 bits per heavy atom. The zero-order chi connectivity index (χ0) is 18.4. The minimum absolute atomic E-state index is 0.113. The van der Waals surface area contributed by atoms with Gasteiger partial charge in [-0.3, -0.25) is 0 Å². The van der Waals surface area contributed by atoms with Gasteiger partial charge in [0.2, 0.25) is 11.3 Å². The number of fused-ring (bicyclic) bond motifs is 1. The summed E-state index contributed by atoms with van der Waals surface area (Å²) in [5.74, 6) is 0. The number of benzene rings is 3. The molecular formula is C23H25N2S+. The molecule has 0 bridgehead atoms. The van der Waals surface area contributed by atoms with Crippen LogP contribution in [-0.2, 0) is 11.3 Å². The molecule has 0 fully saturated rings. The molecule has 2 nitrogen and oxygen atoms in total. The molecule has 1 aliphatic rings. The van der Waals surface area contributed by atoms with Gasteiger partial charge >= 0.3 is 0 Å². The summed E-state index contributed by atoms with van der Waals surface area (Å²) >= 11 is -0.113. The first-order chi connectivity index (χ1) is 12.5. The van der Waals surface area contributed by atoms with Crippen LogP contribution in [0.15, 0.2) is 60.7 Å². The molecule has 0 atom stereocenters. The summed E-state index contributed by atoms with van der Waals surface area (Å²) in [6.45, 7) is 8.72. The van der Waals surface area contributed by atoms with Crippen molar-refractivity contribution < 1.29 is 0 Å². The van der Waals surface area contributed by atoms with Crippen molar-refractivity contribution in [2.45, 2.75) is 27.7 Å². The van der Waals surface area contributed by atoms with Gasteiger partial charge in [0.15, 0.2) is 6.26 Å². The summed E-state index contributed by atoms with van der Waals surface area (Å²) in [6.07, 6.45) is 2.31. The van der Waals surface area contributed by atoms with Gasteiger partial charge in [-0.1, -0.05) is 24.3 Å². The fourth-order valence-electron chi connectivity index (χ4n) is 3.57. The van der Waals surface area contributed by atoms with E-state index in [0.29, 0.717) is 0 Å². The third kappa shape index (κ3) is 2.77. The highest BCUT2D eigenvalue weighted by Gasteiger charge is 2.45. The van der Waals surface area contributed by atoms with Crippen LogP contribution >= 0.6 is 0 Å². The second-order valence-corrected chi connectivity index (χ2v) is 8.76. The lowest BCUT2D eigenvalue weighted by molar-refractivity contribution is 1.31. The second-order valence-electron chi connectivity index (χ2n) is 7.14. The normalized spacial score (nSPS) is 14.0. The fourth-order valence-corrected chi connectivity index (χ4v) is 5.43. The molecule has 0 unspecified atom stereocenters. The van der Waals surface area contributed by atoms with E-state index in [1.165, 1.54) is 45.0 Å². The van der Waals surface area contributed by atoms with Crippen LogP contribution in [0.4, 0.5) is 22.7 Å². The topological polar surface area (TPSA) is 6.48 Å².